The Bertz CT molecular complexity index is 1060. The summed E-state index contributed by atoms with van der Waals surface area (Å²) in [4.78, 5) is 18.5. The Kier molecular flexibility index (Phi) is 11.3. The Labute approximate surface area is 229 Å². The number of aromatic nitrogens is 1. The molecule has 39 heavy (non-hydrogen) atoms. The van der Waals surface area contributed by atoms with Crippen molar-refractivity contribution in [3.8, 4) is 5.75 Å². The van der Waals surface area contributed by atoms with Crippen molar-refractivity contribution in [1.29, 1.82) is 0 Å². The molecule has 2 bridgehead atoms. The highest BCUT2D eigenvalue weighted by molar-refractivity contribution is 5.71. The van der Waals surface area contributed by atoms with Crippen LogP contribution in [-0.4, -0.2) is 86.7 Å². The van der Waals surface area contributed by atoms with Crippen LogP contribution in [0.1, 0.15) is 58.5 Å². The van der Waals surface area contributed by atoms with E-state index in [4.69, 9.17) is 9.47 Å². The number of carbonyl (C=O) groups excluding carboxylic acids is 1. The number of nitrogens with zero attached hydrogens (tertiary/aromatic N) is 3. The van der Waals surface area contributed by atoms with Gasteiger partial charge in [0.15, 0.2) is 6.29 Å². The Morgan fingerprint density at radius 3 is 2.44 bits per heavy atom. The van der Waals surface area contributed by atoms with Crippen molar-refractivity contribution in [2.24, 2.45) is 0 Å². The second-order valence-corrected chi connectivity index (χ2v) is 10.3. The van der Waals surface area contributed by atoms with Gasteiger partial charge in [0.1, 0.15) is 11.4 Å². The maximum Gasteiger partial charge on any atom is 0.417 e. The summed E-state index contributed by atoms with van der Waals surface area (Å²) in [6, 6.07) is 8.25. The molecule has 2 aromatic rings. The van der Waals surface area contributed by atoms with Crippen LogP contribution in [0.25, 0.3) is 0 Å². The van der Waals surface area contributed by atoms with E-state index in [1.165, 1.54) is 36.2 Å². The first-order chi connectivity index (χ1) is 18.6. The number of methoxy groups -OCH3 is 1. The van der Waals surface area contributed by atoms with Crippen LogP contribution in [-0.2, 0) is 10.9 Å². The third-order valence-corrected chi connectivity index (χ3v) is 7.76. The zero-order valence-electron chi connectivity index (χ0n) is 23.6. The minimum atomic E-state index is -4.39. The van der Waals surface area contributed by atoms with Gasteiger partial charge in [0.05, 0.1) is 18.8 Å². The van der Waals surface area contributed by atoms with E-state index in [1.54, 1.807) is 7.11 Å². The van der Waals surface area contributed by atoms with E-state index < -0.39 is 11.7 Å². The number of rotatable bonds is 11. The molecule has 2 unspecified atom stereocenters. The van der Waals surface area contributed by atoms with E-state index in [1.807, 2.05) is 0 Å². The number of aldehydes is 1. The van der Waals surface area contributed by atoms with Gasteiger partial charge in [-0.25, -0.2) is 0 Å². The average molecular weight is 551 g/mol. The SMILES string of the molecule is COCCNCCCOc1ccc([C@H](C)N2CC3CC2CN3C)c(C)c1C.O=Cc1ccc(C(F)(F)F)cn1. The van der Waals surface area contributed by atoms with Gasteiger partial charge in [-0.3, -0.25) is 14.7 Å². The molecular formula is C29H41F3N4O3. The monoisotopic (exact) mass is 550 g/mol. The first kappa shape index (κ1) is 31.0. The number of hydrogen-bond donors (Lipinski definition) is 1. The second-order valence-electron chi connectivity index (χ2n) is 10.3. The Balaban J connectivity index is 0.000000293. The van der Waals surface area contributed by atoms with Crippen molar-refractivity contribution in [2.75, 3.05) is 53.6 Å². The summed E-state index contributed by atoms with van der Waals surface area (Å²) in [5.41, 5.74) is 3.26. The largest absolute Gasteiger partial charge is 0.493 e. The van der Waals surface area contributed by atoms with Gasteiger partial charge in [0, 0.05) is 51.1 Å². The Hall–Kier alpha value is -2.53. The predicted octanol–water partition coefficient (Wildman–Crippen LogP) is 4.67. The molecule has 3 atom stereocenters. The summed E-state index contributed by atoms with van der Waals surface area (Å²) in [5, 5.41) is 3.36. The van der Waals surface area contributed by atoms with Gasteiger partial charge in [0.25, 0.3) is 0 Å². The van der Waals surface area contributed by atoms with Crippen LogP contribution in [0.2, 0.25) is 0 Å². The molecule has 1 N–H and O–H groups in total. The number of pyridine rings is 1. The molecule has 4 rings (SSSR count). The van der Waals surface area contributed by atoms with Crippen molar-refractivity contribution >= 4 is 6.29 Å². The molecule has 0 spiro atoms. The minimum absolute atomic E-state index is 0.0111. The maximum atomic E-state index is 11.9. The molecule has 0 saturated carbocycles. The number of hydrogen-bond acceptors (Lipinski definition) is 7. The summed E-state index contributed by atoms with van der Waals surface area (Å²) in [6.07, 6.45) is -1.04. The highest BCUT2D eigenvalue weighted by Crippen LogP contribution is 2.38. The van der Waals surface area contributed by atoms with Crippen molar-refractivity contribution < 1.29 is 27.4 Å². The fourth-order valence-electron chi connectivity index (χ4n) is 5.30. The van der Waals surface area contributed by atoms with Gasteiger partial charge in [-0.15, -0.1) is 0 Å². The zero-order valence-corrected chi connectivity index (χ0v) is 23.6. The number of piperazine rings is 1. The van der Waals surface area contributed by atoms with Crippen LogP contribution in [0, 0.1) is 13.8 Å². The van der Waals surface area contributed by atoms with E-state index in [0.29, 0.717) is 18.5 Å². The van der Waals surface area contributed by atoms with Crippen molar-refractivity contribution in [3.63, 3.8) is 0 Å². The second kappa shape index (κ2) is 14.2. The lowest BCUT2D eigenvalue weighted by atomic mass is 9.96. The van der Waals surface area contributed by atoms with E-state index in [9.17, 15) is 18.0 Å². The predicted molar refractivity (Wildman–Crippen MR) is 145 cm³/mol. The van der Waals surface area contributed by atoms with Gasteiger partial charge in [-0.2, -0.15) is 13.2 Å². The van der Waals surface area contributed by atoms with E-state index in [2.05, 4.69) is 60.1 Å². The highest BCUT2D eigenvalue weighted by Gasteiger charge is 2.43. The van der Waals surface area contributed by atoms with Crippen molar-refractivity contribution in [2.45, 2.75) is 57.9 Å². The third kappa shape index (κ3) is 8.23. The number of alkyl halides is 3. The molecule has 0 amide bonds. The summed E-state index contributed by atoms with van der Waals surface area (Å²) in [6.45, 7) is 12.6. The van der Waals surface area contributed by atoms with Crippen molar-refractivity contribution in [1.82, 2.24) is 20.1 Å². The van der Waals surface area contributed by atoms with E-state index in [0.717, 1.165) is 62.7 Å². The fraction of sp³-hybridized carbons (Fsp3) is 0.586. The van der Waals surface area contributed by atoms with Crippen LogP contribution in [0.4, 0.5) is 13.2 Å². The number of benzene rings is 1. The molecule has 216 valence electrons. The number of likely N-dealkylation sites (tertiary alicyclic amines) is 2. The first-order valence-electron chi connectivity index (χ1n) is 13.4. The molecule has 0 aliphatic carbocycles. The smallest absolute Gasteiger partial charge is 0.417 e. The molecular weight excluding hydrogens is 509 g/mol. The summed E-state index contributed by atoms with van der Waals surface area (Å²) < 4.78 is 46.8. The van der Waals surface area contributed by atoms with Gasteiger partial charge >= 0.3 is 6.18 Å². The van der Waals surface area contributed by atoms with Crippen LogP contribution in [0.3, 0.4) is 0 Å². The number of likely N-dealkylation sites (N-methyl/N-ethyl adjacent to an activating group) is 1. The van der Waals surface area contributed by atoms with E-state index in [-0.39, 0.29) is 5.69 Å². The molecule has 2 aliphatic rings. The lowest BCUT2D eigenvalue weighted by Crippen LogP contribution is -2.45. The van der Waals surface area contributed by atoms with Crippen molar-refractivity contribution in [3.05, 3.63) is 58.4 Å². The summed E-state index contributed by atoms with van der Waals surface area (Å²) in [5.74, 6) is 1.03. The summed E-state index contributed by atoms with van der Waals surface area (Å²) >= 11 is 0. The van der Waals surface area contributed by atoms with Gasteiger partial charge in [-0.05, 0) is 82.1 Å². The Morgan fingerprint density at radius 2 is 1.87 bits per heavy atom. The minimum Gasteiger partial charge on any atom is -0.493 e. The van der Waals surface area contributed by atoms with Gasteiger partial charge in [-0.1, -0.05) is 6.07 Å². The Morgan fingerprint density at radius 1 is 1.10 bits per heavy atom. The lowest BCUT2D eigenvalue weighted by Gasteiger charge is -2.37. The summed E-state index contributed by atoms with van der Waals surface area (Å²) in [7, 11) is 3.99. The topological polar surface area (TPSA) is 66.9 Å². The number of fused-ring (bicyclic) bond motifs is 2. The molecule has 2 fully saturated rings. The molecule has 3 heterocycles. The number of carbonyl (C=O) groups is 1. The third-order valence-electron chi connectivity index (χ3n) is 7.76. The van der Waals surface area contributed by atoms with Crippen LogP contribution < -0.4 is 10.1 Å². The molecule has 1 aromatic carbocycles. The molecule has 2 saturated heterocycles. The molecule has 0 radical (unpaired) electrons. The maximum absolute atomic E-state index is 11.9. The first-order valence-corrected chi connectivity index (χ1v) is 13.4. The average Bonchev–Trinajstić information content (AvgIpc) is 3.50. The molecule has 2 aliphatic heterocycles. The number of ether oxygens (including phenoxy) is 2. The fourth-order valence-corrected chi connectivity index (χ4v) is 5.30. The normalized spacial score (nSPS) is 20.0. The van der Waals surface area contributed by atoms with Crippen LogP contribution >= 0.6 is 0 Å². The molecule has 7 nitrogen and oxygen atoms in total. The molecule has 10 heteroatoms. The lowest BCUT2D eigenvalue weighted by molar-refractivity contribution is -0.137. The highest BCUT2D eigenvalue weighted by atomic mass is 19.4. The van der Waals surface area contributed by atoms with Crippen LogP contribution in [0.5, 0.6) is 5.75 Å². The van der Waals surface area contributed by atoms with Crippen LogP contribution in [0.15, 0.2) is 30.5 Å². The number of halogens is 3. The van der Waals surface area contributed by atoms with Gasteiger partial charge in [0.2, 0.25) is 0 Å². The zero-order chi connectivity index (χ0) is 28.6. The molecule has 1 aromatic heterocycles. The quantitative estimate of drug-likeness (QED) is 0.322. The van der Waals surface area contributed by atoms with Gasteiger partial charge < -0.3 is 19.7 Å². The number of nitrogens with one attached hydrogen (secondary N) is 1. The van der Waals surface area contributed by atoms with E-state index >= 15 is 0 Å². The standard InChI is InChI=1S/C22H37N3O2.C7H4F3NO/c1-16-17(2)22(27-11-6-9-23-10-12-26-5)8-7-21(16)18(3)25-15-19-13-20(25)14-24(19)4;8-7(9,10)5-1-2-6(4-12)11-3-5/h7-8,18-20,23H,6,9-15H2,1-5H3;1-4H/t18-,19?,20?;/m0./s1.